The van der Waals surface area contributed by atoms with Gasteiger partial charge in [0.25, 0.3) is 5.91 Å². The molecule has 2 rings (SSSR count). The number of nitrogen functional groups attached to an aromatic ring is 1. The van der Waals surface area contributed by atoms with E-state index in [0.717, 1.165) is 13.0 Å². The Kier molecular flexibility index (Phi) is 3.38. The number of carbonyl (C=O) groups excluding carboxylic acids is 1. The third kappa shape index (κ3) is 2.62. The van der Waals surface area contributed by atoms with Gasteiger partial charge in [-0.25, -0.2) is 0 Å². The molecule has 0 atom stereocenters. The Morgan fingerprint density at radius 2 is 2.47 bits per heavy atom. The van der Waals surface area contributed by atoms with E-state index in [2.05, 4.69) is 15.5 Å². The summed E-state index contributed by atoms with van der Waals surface area (Å²) in [6, 6.07) is 1.66. The summed E-state index contributed by atoms with van der Waals surface area (Å²) in [5.74, 6) is -0.216. The second-order valence-corrected chi connectivity index (χ2v) is 4.38. The molecular formula is C10H13N5OS. The van der Waals surface area contributed by atoms with Crippen molar-refractivity contribution in [3.05, 3.63) is 23.5 Å². The van der Waals surface area contributed by atoms with E-state index < -0.39 is 0 Å². The van der Waals surface area contributed by atoms with E-state index in [1.807, 2.05) is 11.5 Å². The summed E-state index contributed by atoms with van der Waals surface area (Å²) in [4.78, 5) is 12.0. The molecule has 0 fully saturated rings. The largest absolute Gasteiger partial charge is 0.397 e. The van der Waals surface area contributed by atoms with Crippen molar-refractivity contribution >= 4 is 28.1 Å². The van der Waals surface area contributed by atoms with E-state index in [0.29, 0.717) is 16.5 Å². The van der Waals surface area contributed by atoms with E-state index in [-0.39, 0.29) is 5.91 Å². The maximum absolute atomic E-state index is 12.0. The number of aryl methyl sites for hydroxylation is 1. The van der Waals surface area contributed by atoms with Gasteiger partial charge in [0.2, 0.25) is 5.13 Å². The van der Waals surface area contributed by atoms with Crippen molar-refractivity contribution in [1.82, 2.24) is 14.8 Å². The van der Waals surface area contributed by atoms with Gasteiger partial charge in [-0.1, -0.05) is 18.3 Å². The lowest BCUT2D eigenvalue weighted by molar-refractivity contribution is 0.101. The normalized spacial score (nSPS) is 10.4. The molecule has 0 saturated heterocycles. The van der Waals surface area contributed by atoms with Crippen molar-refractivity contribution < 1.29 is 4.79 Å². The lowest BCUT2D eigenvalue weighted by atomic mass is 10.3. The average molecular weight is 251 g/mol. The van der Waals surface area contributed by atoms with Crippen molar-refractivity contribution in [2.45, 2.75) is 19.9 Å². The lowest BCUT2D eigenvalue weighted by Gasteiger charge is -2.06. The van der Waals surface area contributed by atoms with Crippen molar-refractivity contribution in [3.63, 3.8) is 0 Å². The Morgan fingerprint density at radius 3 is 3.12 bits per heavy atom. The Morgan fingerprint density at radius 1 is 1.65 bits per heavy atom. The molecular weight excluding hydrogens is 238 g/mol. The first-order chi connectivity index (χ1) is 8.20. The van der Waals surface area contributed by atoms with Crippen molar-refractivity contribution in [3.8, 4) is 0 Å². The Hall–Kier alpha value is -1.89. The van der Waals surface area contributed by atoms with Crippen LogP contribution in [0.15, 0.2) is 17.8 Å². The molecule has 1 amide bonds. The highest BCUT2D eigenvalue weighted by molar-refractivity contribution is 7.13. The van der Waals surface area contributed by atoms with Crippen LogP contribution in [0.1, 0.15) is 23.8 Å². The average Bonchev–Trinajstić information content (AvgIpc) is 2.88. The molecule has 2 aromatic heterocycles. The number of nitrogens with zero attached hydrogens (tertiary/aromatic N) is 3. The number of nitrogens with one attached hydrogen (secondary N) is 1. The van der Waals surface area contributed by atoms with Crippen molar-refractivity contribution in [1.29, 1.82) is 0 Å². The number of hydrogen-bond donors (Lipinski definition) is 2. The van der Waals surface area contributed by atoms with Gasteiger partial charge in [-0.05, 0) is 12.5 Å². The van der Waals surface area contributed by atoms with Crippen molar-refractivity contribution in [2.75, 3.05) is 11.1 Å². The summed E-state index contributed by atoms with van der Waals surface area (Å²) >= 11 is 1.28. The minimum Gasteiger partial charge on any atom is -0.397 e. The van der Waals surface area contributed by atoms with E-state index in [1.54, 1.807) is 17.8 Å². The maximum atomic E-state index is 12.0. The molecule has 0 aromatic carbocycles. The summed E-state index contributed by atoms with van der Waals surface area (Å²) in [5.41, 5.74) is 8.38. The molecule has 17 heavy (non-hydrogen) atoms. The Labute approximate surface area is 102 Å². The van der Waals surface area contributed by atoms with Crippen LogP contribution in [0, 0.1) is 0 Å². The standard InChI is InChI=1S/C10H13N5OS/c1-2-3-15-5-7(11)4-8(15)9(16)13-10-14-12-6-17-10/h4-6H,2-3,11H2,1H3,(H,13,14,16). The zero-order chi connectivity index (χ0) is 12.3. The molecule has 3 N–H and O–H groups in total. The van der Waals surface area contributed by atoms with Gasteiger partial charge in [-0.2, -0.15) is 0 Å². The molecule has 0 aliphatic rings. The molecule has 0 aliphatic heterocycles. The molecule has 7 heteroatoms. The molecule has 0 unspecified atom stereocenters. The predicted molar refractivity (Wildman–Crippen MR) is 67.0 cm³/mol. The fourth-order valence-electron chi connectivity index (χ4n) is 1.54. The smallest absolute Gasteiger partial charge is 0.274 e. The van der Waals surface area contributed by atoms with Gasteiger partial charge in [-0.15, -0.1) is 10.2 Å². The Balaban J connectivity index is 2.18. The van der Waals surface area contributed by atoms with Crippen LogP contribution in [-0.4, -0.2) is 20.7 Å². The highest BCUT2D eigenvalue weighted by Gasteiger charge is 2.13. The zero-order valence-corrected chi connectivity index (χ0v) is 10.2. The van der Waals surface area contributed by atoms with Crippen LogP contribution in [0.3, 0.4) is 0 Å². The topological polar surface area (TPSA) is 85.8 Å². The van der Waals surface area contributed by atoms with Crippen LogP contribution in [0.2, 0.25) is 0 Å². The van der Waals surface area contributed by atoms with E-state index in [4.69, 9.17) is 5.73 Å². The van der Waals surface area contributed by atoms with Crippen LogP contribution in [0.5, 0.6) is 0 Å². The number of carbonyl (C=O) groups is 1. The van der Waals surface area contributed by atoms with Crippen LogP contribution in [0.25, 0.3) is 0 Å². The first-order valence-electron chi connectivity index (χ1n) is 5.24. The number of anilines is 2. The minimum absolute atomic E-state index is 0.216. The number of aromatic nitrogens is 3. The number of nitrogens with two attached hydrogens (primary N) is 1. The fraction of sp³-hybridized carbons (Fsp3) is 0.300. The van der Waals surface area contributed by atoms with Crippen molar-refractivity contribution in [2.24, 2.45) is 0 Å². The lowest BCUT2D eigenvalue weighted by Crippen LogP contribution is -2.16. The summed E-state index contributed by atoms with van der Waals surface area (Å²) < 4.78 is 1.84. The molecule has 6 nitrogen and oxygen atoms in total. The zero-order valence-electron chi connectivity index (χ0n) is 9.38. The van der Waals surface area contributed by atoms with Gasteiger partial charge >= 0.3 is 0 Å². The molecule has 0 radical (unpaired) electrons. The SMILES string of the molecule is CCCn1cc(N)cc1C(=O)Nc1nncs1. The second-order valence-electron chi connectivity index (χ2n) is 3.55. The number of hydrogen-bond acceptors (Lipinski definition) is 5. The van der Waals surface area contributed by atoms with Crippen LogP contribution in [-0.2, 0) is 6.54 Å². The third-order valence-corrected chi connectivity index (χ3v) is 2.80. The molecule has 90 valence electrons. The Bertz CT molecular complexity index is 505. The summed E-state index contributed by atoms with van der Waals surface area (Å²) in [6.45, 7) is 2.80. The van der Waals surface area contributed by atoms with Gasteiger partial charge in [-0.3, -0.25) is 10.1 Å². The highest BCUT2D eigenvalue weighted by Crippen LogP contribution is 2.15. The van der Waals surface area contributed by atoms with Crippen LogP contribution in [0.4, 0.5) is 10.8 Å². The van der Waals surface area contributed by atoms with Gasteiger partial charge in [0.05, 0.1) is 5.69 Å². The fourth-order valence-corrected chi connectivity index (χ4v) is 1.98. The van der Waals surface area contributed by atoms with Crippen LogP contribution >= 0.6 is 11.3 Å². The third-order valence-electron chi connectivity index (χ3n) is 2.20. The van der Waals surface area contributed by atoms with E-state index in [1.165, 1.54) is 11.3 Å². The molecule has 0 spiro atoms. The van der Waals surface area contributed by atoms with Gasteiger partial charge in [0.1, 0.15) is 11.2 Å². The monoisotopic (exact) mass is 251 g/mol. The van der Waals surface area contributed by atoms with Gasteiger partial charge in [0.15, 0.2) is 0 Å². The van der Waals surface area contributed by atoms with Gasteiger partial charge in [0, 0.05) is 12.7 Å². The molecule has 0 saturated carbocycles. The van der Waals surface area contributed by atoms with Gasteiger partial charge < -0.3 is 10.3 Å². The number of rotatable bonds is 4. The molecule has 0 aliphatic carbocycles. The first kappa shape index (κ1) is 11.6. The van der Waals surface area contributed by atoms with E-state index >= 15 is 0 Å². The quantitative estimate of drug-likeness (QED) is 0.864. The van der Waals surface area contributed by atoms with Crippen LogP contribution < -0.4 is 11.1 Å². The maximum Gasteiger partial charge on any atom is 0.274 e. The predicted octanol–water partition coefficient (Wildman–Crippen LogP) is 1.58. The second kappa shape index (κ2) is 4.96. The minimum atomic E-state index is -0.216. The summed E-state index contributed by atoms with van der Waals surface area (Å²) in [7, 11) is 0. The number of amides is 1. The molecule has 2 heterocycles. The van der Waals surface area contributed by atoms with E-state index in [9.17, 15) is 4.79 Å². The summed E-state index contributed by atoms with van der Waals surface area (Å²) in [6.07, 6.45) is 2.70. The first-order valence-corrected chi connectivity index (χ1v) is 6.12. The summed E-state index contributed by atoms with van der Waals surface area (Å²) in [5, 5.41) is 10.6. The molecule has 2 aromatic rings. The molecule has 0 bridgehead atoms. The highest BCUT2D eigenvalue weighted by atomic mass is 32.1.